The van der Waals surface area contributed by atoms with Crippen LogP contribution in [0, 0.1) is 0 Å². The molecule has 0 aromatic heterocycles. The molecule has 0 heterocycles. The zero-order chi connectivity index (χ0) is 11.4. The molecule has 0 amide bonds. The van der Waals surface area contributed by atoms with Gasteiger partial charge in [-0.3, -0.25) is 4.79 Å². The van der Waals surface area contributed by atoms with E-state index in [0.29, 0.717) is 6.29 Å². The molecule has 0 fully saturated rings. The Morgan fingerprint density at radius 1 is 1.40 bits per heavy atom. The summed E-state index contributed by atoms with van der Waals surface area (Å²) in [4.78, 5) is 10.5. The molecule has 15 heavy (non-hydrogen) atoms. The molecule has 6 heteroatoms. The highest BCUT2D eigenvalue weighted by molar-refractivity contribution is 6.32. The third-order valence-corrected chi connectivity index (χ3v) is 1.92. The van der Waals surface area contributed by atoms with Crippen molar-refractivity contribution in [2.75, 3.05) is 7.11 Å². The Morgan fingerprint density at radius 3 is 2.53 bits per heavy atom. The van der Waals surface area contributed by atoms with Crippen LogP contribution in [0.2, 0.25) is 5.02 Å². The minimum Gasteiger partial charge on any atom is -0.495 e. The van der Waals surface area contributed by atoms with Crippen molar-refractivity contribution in [3.8, 4) is 11.5 Å². The highest BCUT2D eigenvalue weighted by Gasteiger charge is 2.13. The van der Waals surface area contributed by atoms with Gasteiger partial charge in [0.1, 0.15) is 11.5 Å². The Hall–Kier alpha value is -1.36. The van der Waals surface area contributed by atoms with Crippen LogP contribution in [0.4, 0.5) is 8.78 Å². The van der Waals surface area contributed by atoms with E-state index in [1.807, 2.05) is 0 Å². The van der Waals surface area contributed by atoms with E-state index >= 15 is 0 Å². The summed E-state index contributed by atoms with van der Waals surface area (Å²) in [5.74, 6) is -0.0980. The molecule has 0 unspecified atom stereocenters. The van der Waals surface area contributed by atoms with Crippen LogP contribution in [-0.4, -0.2) is 20.0 Å². The Balaban J connectivity index is 3.16. The molecule has 0 spiro atoms. The number of alkyl halides is 2. The van der Waals surface area contributed by atoms with Crippen molar-refractivity contribution in [2.45, 2.75) is 6.61 Å². The number of rotatable bonds is 4. The summed E-state index contributed by atoms with van der Waals surface area (Å²) >= 11 is 5.69. The number of carbonyl (C=O) groups is 1. The quantitative estimate of drug-likeness (QED) is 0.754. The van der Waals surface area contributed by atoms with E-state index in [9.17, 15) is 13.6 Å². The van der Waals surface area contributed by atoms with E-state index in [1.165, 1.54) is 13.2 Å². The van der Waals surface area contributed by atoms with E-state index in [-0.39, 0.29) is 22.1 Å². The van der Waals surface area contributed by atoms with E-state index in [4.69, 9.17) is 16.3 Å². The number of hydrogen-bond donors (Lipinski definition) is 0. The summed E-state index contributed by atoms with van der Waals surface area (Å²) in [5, 5.41) is 0.154. The van der Waals surface area contributed by atoms with Crippen LogP contribution >= 0.6 is 11.6 Å². The van der Waals surface area contributed by atoms with Gasteiger partial charge in [-0.2, -0.15) is 8.78 Å². The van der Waals surface area contributed by atoms with E-state index in [0.717, 1.165) is 6.07 Å². The first-order chi connectivity index (χ1) is 7.08. The van der Waals surface area contributed by atoms with E-state index in [1.54, 1.807) is 0 Å². The van der Waals surface area contributed by atoms with E-state index in [2.05, 4.69) is 4.74 Å². The molecule has 1 rings (SSSR count). The van der Waals surface area contributed by atoms with Crippen molar-refractivity contribution in [3.05, 3.63) is 22.7 Å². The molecule has 0 atom stereocenters. The fourth-order valence-corrected chi connectivity index (χ4v) is 1.25. The Kier molecular flexibility index (Phi) is 3.85. The SMILES string of the molecule is COc1cc(OC(F)F)c(C=O)cc1Cl. The molecule has 0 aliphatic rings. The van der Waals surface area contributed by atoms with Crippen molar-refractivity contribution in [3.63, 3.8) is 0 Å². The second-order valence-electron chi connectivity index (χ2n) is 2.52. The summed E-state index contributed by atoms with van der Waals surface area (Å²) < 4.78 is 32.8. The molecule has 1 aromatic rings. The van der Waals surface area contributed by atoms with Crippen LogP contribution in [0.1, 0.15) is 10.4 Å². The first-order valence-electron chi connectivity index (χ1n) is 3.86. The molecule has 3 nitrogen and oxygen atoms in total. The van der Waals surface area contributed by atoms with Crippen molar-refractivity contribution in [1.82, 2.24) is 0 Å². The van der Waals surface area contributed by atoms with Crippen molar-refractivity contribution >= 4 is 17.9 Å². The van der Waals surface area contributed by atoms with Gasteiger partial charge in [0, 0.05) is 6.07 Å². The maximum Gasteiger partial charge on any atom is 0.387 e. The number of methoxy groups -OCH3 is 1. The van der Waals surface area contributed by atoms with Crippen LogP contribution < -0.4 is 9.47 Å². The molecular formula is C9H7ClF2O3. The summed E-state index contributed by atoms with van der Waals surface area (Å²) in [5.41, 5.74) is -0.0545. The second kappa shape index (κ2) is 4.93. The number of carbonyl (C=O) groups excluding carboxylic acids is 1. The number of halogens is 3. The molecule has 0 bridgehead atoms. The summed E-state index contributed by atoms with van der Waals surface area (Å²) in [6.07, 6.45) is 0.378. The van der Waals surface area contributed by atoms with Crippen LogP contribution in [0.15, 0.2) is 12.1 Å². The molecule has 0 N–H and O–H groups in total. The third kappa shape index (κ3) is 2.79. The fourth-order valence-electron chi connectivity index (χ4n) is 0.997. The van der Waals surface area contributed by atoms with Gasteiger partial charge in [0.05, 0.1) is 17.7 Å². The molecule has 82 valence electrons. The fraction of sp³-hybridized carbons (Fsp3) is 0.222. The normalized spacial score (nSPS) is 10.2. The lowest BCUT2D eigenvalue weighted by Crippen LogP contribution is -2.04. The summed E-state index contributed by atoms with van der Waals surface area (Å²) in [6, 6.07) is 2.34. The topological polar surface area (TPSA) is 35.5 Å². The summed E-state index contributed by atoms with van der Waals surface area (Å²) in [7, 11) is 1.33. The molecule has 1 aromatic carbocycles. The zero-order valence-corrected chi connectivity index (χ0v) is 8.42. The standard InChI is InChI=1S/C9H7ClF2O3/c1-14-8-3-7(15-9(11)12)5(4-13)2-6(8)10/h2-4,9H,1H3. The van der Waals surface area contributed by atoms with E-state index < -0.39 is 6.61 Å². The first kappa shape index (κ1) is 11.7. The lowest BCUT2D eigenvalue weighted by molar-refractivity contribution is -0.0501. The molecule has 0 aliphatic heterocycles. The lowest BCUT2D eigenvalue weighted by atomic mass is 10.2. The molecule has 0 saturated carbocycles. The number of hydrogen-bond acceptors (Lipinski definition) is 3. The monoisotopic (exact) mass is 236 g/mol. The number of ether oxygens (including phenoxy) is 2. The minimum atomic E-state index is -3.01. The van der Waals surface area contributed by atoms with Gasteiger partial charge < -0.3 is 9.47 Å². The molecule has 0 radical (unpaired) electrons. The maximum atomic E-state index is 12.0. The second-order valence-corrected chi connectivity index (χ2v) is 2.93. The average molecular weight is 237 g/mol. The average Bonchev–Trinajstić information content (AvgIpc) is 2.19. The zero-order valence-electron chi connectivity index (χ0n) is 7.67. The predicted octanol–water partition coefficient (Wildman–Crippen LogP) is 2.76. The van der Waals surface area contributed by atoms with Crippen molar-refractivity contribution < 1.29 is 23.0 Å². The Morgan fingerprint density at radius 2 is 2.07 bits per heavy atom. The molecule has 0 saturated heterocycles. The predicted molar refractivity (Wildman–Crippen MR) is 50.0 cm³/mol. The van der Waals surface area contributed by atoms with Gasteiger partial charge in [0.2, 0.25) is 0 Å². The third-order valence-electron chi connectivity index (χ3n) is 1.63. The van der Waals surface area contributed by atoms with Crippen LogP contribution in [-0.2, 0) is 0 Å². The highest BCUT2D eigenvalue weighted by atomic mass is 35.5. The Bertz CT molecular complexity index is 369. The highest BCUT2D eigenvalue weighted by Crippen LogP contribution is 2.32. The van der Waals surface area contributed by atoms with Gasteiger partial charge in [0.25, 0.3) is 0 Å². The molecular weight excluding hydrogens is 230 g/mol. The van der Waals surface area contributed by atoms with Gasteiger partial charge in [-0.15, -0.1) is 0 Å². The van der Waals surface area contributed by atoms with Crippen molar-refractivity contribution in [2.24, 2.45) is 0 Å². The van der Waals surface area contributed by atoms with Crippen LogP contribution in [0.5, 0.6) is 11.5 Å². The van der Waals surface area contributed by atoms with Gasteiger partial charge in [-0.05, 0) is 6.07 Å². The van der Waals surface area contributed by atoms with Crippen LogP contribution in [0.25, 0.3) is 0 Å². The summed E-state index contributed by atoms with van der Waals surface area (Å²) in [6.45, 7) is -3.01. The van der Waals surface area contributed by atoms with Crippen molar-refractivity contribution in [1.29, 1.82) is 0 Å². The van der Waals surface area contributed by atoms with Gasteiger partial charge >= 0.3 is 6.61 Å². The Labute approximate surface area is 89.5 Å². The first-order valence-corrected chi connectivity index (χ1v) is 4.23. The largest absolute Gasteiger partial charge is 0.495 e. The number of benzene rings is 1. The van der Waals surface area contributed by atoms with Gasteiger partial charge in [0.15, 0.2) is 6.29 Å². The maximum absolute atomic E-state index is 12.0. The smallest absolute Gasteiger partial charge is 0.387 e. The minimum absolute atomic E-state index is 0.0545. The van der Waals surface area contributed by atoms with Crippen LogP contribution in [0.3, 0.4) is 0 Å². The molecule has 0 aliphatic carbocycles. The van der Waals surface area contributed by atoms with Gasteiger partial charge in [-0.25, -0.2) is 0 Å². The lowest BCUT2D eigenvalue weighted by Gasteiger charge is -2.10. The van der Waals surface area contributed by atoms with Gasteiger partial charge in [-0.1, -0.05) is 11.6 Å². The number of aldehydes is 1.